The van der Waals surface area contributed by atoms with Gasteiger partial charge in [0.05, 0.1) is 22.2 Å². The number of aromatic nitrogens is 1. The van der Waals surface area contributed by atoms with Crippen molar-refractivity contribution in [2.24, 2.45) is 0 Å². The zero-order valence-corrected chi connectivity index (χ0v) is 20.1. The van der Waals surface area contributed by atoms with Crippen LogP contribution in [0.4, 0.5) is 22.7 Å². The lowest BCUT2D eigenvalue weighted by atomic mass is 10.0. The summed E-state index contributed by atoms with van der Waals surface area (Å²) in [5, 5.41) is 9.67. The first-order valence-corrected chi connectivity index (χ1v) is 12.4. The molecule has 1 saturated heterocycles. The Morgan fingerprint density at radius 2 is 1.97 bits per heavy atom. The van der Waals surface area contributed by atoms with Crippen molar-refractivity contribution in [3.63, 3.8) is 0 Å². The maximum absolute atomic E-state index is 14.1. The van der Waals surface area contributed by atoms with Gasteiger partial charge in [0.2, 0.25) is 0 Å². The number of carboxylic acids is 1. The summed E-state index contributed by atoms with van der Waals surface area (Å²) in [7, 11) is 0. The molecular weight excluding hydrogens is 482 g/mol. The summed E-state index contributed by atoms with van der Waals surface area (Å²) in [5.74, 6) is -2.17. The van der Waals surface area contributed by atoms with Gasteiger partial charge in [-0.05, 0) is 23.6 Å². The number of thiazole rings is 1. The van der Waals surface area contributed by atoms with Gasteiger partial charge in [0, 0.05) is 38.3 Å². The standard InChI is InChI=1S/C25H27F4N3O2S/c1-2-3-7-18-15-31(14-17-6-4-5-16(10-17)11-23(33)34)8-9-32(18)24-30-21-13-20(26)19(25(27,28)29)12-22(21)35-24/h4-6,10,12-13,18H,2-3,7-9,11,14-15H2,1H3,(H,33,34)/t18-/m0/s1. The minimum absolute atomic E-state index is 0.0189. The van der Waals surface area contributed by atoms with E-state index in [9.17, 15) is 22.4 Å². The second kappa shape index (κ2) is 10.5. The van der Waals surface area contributed by atoms with E-state index in [1.165, 1.54) is 11.3 Å². The van der Waals surface area contributed by atoms with Crippen LogP contribution in [0.25, 0.3) is 10.2 Å². The molecule has 0 amide bonds. The maximum Gasteiger partial charge on any atom is 0.419 e. The highest BCUT2D eigenvalue weighted by Crippen LogP contribution is 2.38. The number of carbonyl (C=O) groups is 1. The zero-order valence-electron chi connectivity index (χ0n) is 19.3. The van der Waals surface area contributed by atoms with E-state index in [1.54, 1.807) is 6.07 Å². The first kappa shape index (κ1) is 25.4. The highest BCUT2D eigenvalue weighted by molar-refractivity contribution is 7.22. The van der Waals surface area contributed by atoms with Crippen LogP contribution in [0.5, 0.6) is 0 Å². The minimum atomic E-state index is -4.75. The molecule has 2 heterocycles. The number of benzene rings is 2. The number of hydrogen-bond donors (Lipinski definition) is 1. The van der Waals surface area contributed by atoms with Gasteiger partial charge in [-0.2, -0.15) is 13.2 Å². The van der Waals surface area contributed by atoms with Crippen molar-refractivity contribution >= 4 is 32.7 Å². The van der Waals surface area contributed by atoms with Crippen LogP contribution in [0.1, 0.15) is 42.9 Å². The average molecular weight is 510 g/mol. The molecule has 0 saturated carbocycles. The number of unbranched alkanes of at least 4 members (excludes halogenated alkanes) is 1. The molecule has 1 aliphatic heterocycles. The van der Waals surface area contributed by atoms with Gasteiger partial charge >= 0.3 is 12.1 Å². The molecule has 1 fully saturated rings. The Balaban J connectivity index is 1.53. The molecule has 1 aromatic heterocycles. The summed E-state index contributed by atoms with van der Waals surface area (Å²) >= 11 is 1.17. The topological polar surface area (TPSA) is 56.7 Å². The lowest BCUT2D eigenvalue weighted by Crippen LogP contribution is -2.53. The fraction of sp³-hybridized carbons (Fsp3) is 0.440. The van der Waals surface area contributed by atoms with Crippen LogP contribution in [0.2, 0.25) is 0 Å². The van der Waals surface area contributed by atoms with Crippen LogP contribution in [0.15, 0.2) is 36.4 Å². The van der Waals surface area contributed by atoms with E-state index >= 15 is 0 Å². The van der Waals surface area contributed by atoms with Crippen LogP contribution >= 0.6 is 11.3 Å². The summed E-state index contributed by atoms with van der Waals surface area (Å²) in [6, 6.07) is 9.43. The second-order valence-corrected chi connectivity index (χ2v) is 9.92. The van der Waals surface area contributed by atoms with Crippen molar-refractivity contribution < 1.29 is 27.5 Å². The number of fused-ring (bicyclic) bond motifs is 1. The summed E-state index contributed by atoms with van der Waals surface area (Å²) in [5.41, 5.74) is 0.776. The lowest BCUT2D eigenvalue weighted by molar-refractivity contribution is -0.140. The number of anilines is 1. The van der Waals surface area contributed by atoms with Crippen molar-refractivity contribution in [2.75, 3.05) is 24.5 Å². The predicted octanol–water partition coefficient (Wildman–Crippen LogP) is 5.96. The second-order valence-electron chi connectivity index (χ2n) is 8.91. The third-order valence-corrected chi connectivity index (χ3v) is 7.28. The molecule has 10 heteroatoms. The Morgan fingerprint density at radius 3 is 2.69 bits per heavy atom. The van der Waals surface area contributed by atoms with Crippen LogP contribution in [0.3, 0.4) is 0 Å². The third-order valence-electron chi connectivity index (χ3n) is 6.23. The lowest BCUT2D eigenvalue weighted by Gasteiger charge is -2.41. The van der Waals surface area contributed by atoms with Gasteiger partial charge in [-0.1, -0.05) is 55.4 Å². The molecule has 188 valence electrons. The molecule has 1 N–H and O–H groups in total. The molecule has 2 aromatic carbocycles. The minimum Gasteiger partial charge on any atom is -0.481 e. The fourth-order valence-corrected chi connectivity index (χ4v) is 5.63. The highest BCUT2D eigenvalue weighted by Gasteiger charge is 2.35. The number of nitrogens with zero attached hydrogens (tertiary/aromatic N) is 3. The third kappa shape index (κ3) is 6.10. The summed E-state index contributed by atoms with van der Waals surface area (Å²) in [6.45, 7) is 4.92. The Bertz CT molecular complexity index is 1200. The maximum atomic E-state index is 14.1. The molecule has 35 heavy (non-hydrogen) atoms. The van der Waals surface area contributed by atoms with Crippen LogP contribution in [-0.4, -0.2) is 46.6 Å². The molecule has 5 nitrogen and oxygen atoms in total. The van der Waals surface area contributed by atoms with Crippen LogP contribution in [-0.2, 0) is 23.9 Å². The van der Waals surface area contributed by atoms with E-state index in [0.29, 0.717) is 22.9 Å². The molecule has 0 spiro atoms. The first-order valence-electron chi connectivity index (χ1n) is 11.6. The van der Waals surface area contributed by atoms with Gasteiger partial charge in [-0.15, -0.1) is 0 Å². The Labute approximate surface area is 205 Å². The van der Waals surface area contributed by atoms with Crippen molar-refractivity contribution in [2.45, 2.75) is 51.4 Å². The van der Waals surface area contributed by atoms with E-state index in [4.69, 9.17) is 5.11 Å². The van der Waals surface area contributed by atoms with Crippen LogP contribution in [0, 0.1) is 5.82 Å². The average Bonchev–Trinajstić information content (AvgIpc) is 3.19. The molecule has 0 unspecified atom stereocenters. The van der Waals surface area contributed by atoms with Gasteiger partial charge in [-0.3, -0.25) is 9.69 Å². The summed E-state index contributed by atoms with van der Waals surface area (Å²) in [4.78, 5) is 20.0. The predicted molar refractivity (Wildman–Crippen MR) is 128 cm³/mol. The SMILES string of the molecule is CCCC[C@H]1CN(Cc2cccc(CC(=O)O)c2)CCN1c1nc2cc(F)c(C(F)(F)F)cc2s1. The largest absolute Gasteiger partial charge is 0.481 e. The first-order chi connectivity index (χ1) is 16.6. The van der Waals surface area contributed by atoms with E-state index < -0.39 is 23.5 Å². The normalized spacial score (nSPS) is 17.3. The molecule has 0 aliphatic carbocycles. The number of aliphatic carboxylic acids is 1. The van der Waals surface area contributed by atoms with Gasteiger partial charge in [0.25, 0.3) is 0 Å². The number of alkyl halides is 3. The number of piperazine rings is 1. The van der Waals surface area contributed by atoms with Gasteiger partial charge < -0.3 is 10.0 Å². The van der Waals surface area contributed by atoms with E-state index in [0.717, 1.165) is 55.6 Å². The summed E-state index contributed by atoms with van der Waals surface area (Å²) in [6.07, 6.45) is -1.85. The zero-order chi connectivity index (χ0) is 25.2. The number of carboxylic acid groups (broad SMARTS) is 1. The molecule has 1 aliphatic rings. The smallest absolute Gasteiger partial charge is 0.419 e. The van der Waals surface area contributed by atoms with E-state index in [1.807, 2.05) is 18.2 Å². The van der Waals surface area contributed by atoms with Gasteiger partial charge in [0.15, 0.2) is 5.13 Å². The molecule has 4 rings (SSSR count). The highest BCUT2D eigenvalue weighted by atomic mass is 32.1. The van der Waals surface area contributed by atoms with E-state index in [2.05, 4.69) is 21.7 Å². The quantitative estimate of drug-likeness (QED) is 0.380. The molecular formula is C25H27F4N3O2S. The van der Waals surface area contributed by atoms with Gasteiger partial charge in [-0.25, -0.2) is 9.37 Å². The number of hydrogen-bond acceptors (Lipinski definition) is 5. The molecule has 1 atom stereocenters. The van der Waals surface area contributed by atoms with Gasteiger partial charge in [0.1, 0.15) is 5.82 Å². The number of halogens is 4. The Hall–Kier alpha value is -2.72. The van der Waals surface area contributed by atoms with Crippen molar-refractivity contribution in [3.05, 3.63) is 58.9 Å². The van der Waals surface area contributed by atoms with Crippen LogP contribution < -0.4 is 4.90 Å². The van der Waals surface area contributed by atoms with Crippen molar-refractivity contribution in [3.8, 4) is 0 Å². The number of rotatable bonds is 8. The monoisotopic (exact) mass is 509 g/mol. The van der Waals surface area contributed by atoms with E-state index in [-0.39, 0.29) is 18.0 Å². The van der Waals surface area contributed by atoms with Crippen molar-refractivity contribution in [1.29, 1.82) is 0 Å². The van der Waals surface area contributed by atoms with Crippen molar-refractivity contribution in [1.82, 2.24) is 9.88 Å². The Kier molecular flexibility index (Phi) is 7.61. The fourth-order valence-electron chi connectivity index (χ4n) is 4.55. The Morgan fingerprint density at radius 1 is 1.20 bits per heavy atom. The summed E-state index contributed by atoms with van der Waals surface area (Å²) < 4.78 is 53.8. The molecule has 0 radical (unpaired) electrons. The molecule has 3 aromatic rings. The molecule has 0 bridgehead atoms.